The fourth-order valence-electron chi connectivity index (χ4n) is 1.93. The lowest BCUT2D eigenvalue weighted by Crippen LogP contribution is -2.10. The van der Waals surface area contributed by atoms with Crippen LogP contribution in [0.25, 0.3) is 0 Å². The molecule has 0 saturated carbocycles. The summed E-state index contributed by atoms with van der Waals surface area (Å²) in [4.78, 5) is 10.2. The molecule has 2 N–H and O–H groups in total. The van der Waals surface area contributed by atoms with E-state index in [0.29, 0.717) is 24.7 Å². The Kier molecular flexibility index (Phi) is 4.11. The molecule has 1 aliphatic rings. The number of ether oxygens (including phenoxy) is 2. The molecular formula is C12H16N2O4. The summed E-state index contributed by atoms with van der Waals surface area (Å²) in [7, 11) is 0. The molecule has 0 spiro atoms. The molecule has 0 radical (unpaired) electrons. The van der Waals surface area contributed by atoms with Crippen molar-refractivity contribution >= 4 is 11.4 Å². The topological polar surface area (TPSA) is 87.6 Å². The summed E-state index contributed by atoms with van der Waals surface area (Å²) in [5.41, 5.74) is 6.50. The summed E-state index contributed by atoms with van der Waals surface area (Å²) < 4.78 is 10.8. The van der Waals surface area contributed by atoms with Gasteiger partial charge in [0.1, 0.15) is 5.69 Å². The first-order valence-electron chi connectivity index (χ1n) is 5.85. The highest BCUT2D eigenvalue weighted by Gasteiger charge is 2.17. The van der Waals surface area contributed by atoms with Gasteiger partial charge in [0.2, 0.25) is 0 Å². The molecule has 1 aromatic rings. The molecule has 1 unspecified atom stereocenters. The zero-order valence-electron chi connectivity index (χ0n) is 10.0. The van der Waals surface area contributed by atoms with E-state index in [4.69, 9.17) is 15.2 Å². The zero-order chi connectivity index (χ0) is 13.0. The maximum absolute atomic E-state index is 10.7. The van der Waals surface area contributed by atoms with Gasteiger partial charge in [-0.1, -0.05) is 12.1 Å². The van der Waals surface area contributed by atoms with Crippen LogP contribution in [-0.4, -0.2) is 24.7 Å². The number of nitro groups is 1. The van der Waals surface area contributed by atoms with E-state index in [1.54, 1.807) is 12.1 Å². The fraction of sp³-hybridized carbons (Fsp3) is 0.500. The molecule has 1 heterocycles. The summed E-state index contributed by atoms with van der Waals surface area (Å²) in [5, 5.41) is 10.7. The molecule has 0 aliphatic carbocycles. The minimum absolute atomic E-state index is 0.0692. The van der Waals surface area contributed by atoms with Crippen LogP contribution in [0.5, 0.6) is 0 Å². The van der Waals surface area contributed by atoms with Crippen LogP contribution in [-0.2, 0) is 16.1 Å². The van der Waals surface area contributed by atoms with Gasteiger partial charge < -0.3 is 15.2 Å². The Morgan fingerprint density at radius 3 is 3.06 bits per heavy atom. The van der Waals surface area contributed by atoms with Crippen molar-refractivity contribution in [3.8, 4) is 0 Å². The van der Waals surface area contributed by atoms with Crippen molar-refractivity contribution in [1.29, 1.82) is 0 Å². The fourth-order valence-corrected chi connectivity index (χ4v) is 1.93. The van der Waals surface area contributed by atoms with Crippen molar-refractivity contribution in [2.24, 2.45) is 5.92 Å². The summed E-state index contributed by atoms with van der Waals surface area (Å²) in [6, 6.07) is 4.75. The largest absolute Gasteiger partial charge is 0.393 e. The predicted molar refractivity (Wildman–Crippen MR) is 66.1 cm³/mol. The Labute approximate surface area is 105 Å². The van der Waals surface area contributed by atoms with E-state index in [1.807, 2.05) is 0 Å². The number of nitrogens with two attached hydrogens (primary N) is 1. The second-order valence-electron chi connectivity index (χ2n) is 4.35. The summed E-state index contributed by atoms with van der Waals surface area (Å²) in [6.45, 7) is 2.41. The van der Waals surface area contributed by atoms with Crippen molar-refractivity contribution in [1.82, 2.24) is 0 Å². The number of para-hydroxylation sites is 1. The number of hydrogen-bond donors (Lipinski definition) is 1. The number of rotatable bonds is 5. The standard InChI is InChI=1S/C12H16N2O4/c13-12-10(2-1-3-11(12)14(15)16)8-18-7-9-4-5-17-6-9/h1-3,9H,4-8,13H2. The SMILES string of the molecule is Nc1c(COCC2CCOC2)cccc1[N+](=O)[O-]. The average molecular weight is 252 g/mol. The van der Waals surface area contributed by atoms with Gasteiger partial charge >= 0.3 is 0 Å². The van der Waals surface area contributed by atoms with Crippen molar-refractivity contribution in [3.63, 3.8) is 0 Å². The van der Waals surface area contributed by atoms with Crippen LogP contribution in [0.3, 0.4) is 0 Å². The van der Waals surface area contributed by atoms with Crippen molar-refractivity contribution in [3.05, 3.63) is 33.9 Å². The Morgan fingerprint density at radius 2 is 2.39 bits per heavy atom. The van der Waals surface area contributed by atoms with Gasteiger partial charge in [-0.3, -0.25) is 10.1 Å². The third-order valence-corrected chi connectivity index (χ3v) is 3.01. The lowest BCUT2D eigenvalue weighted by molar-refractivity contribution is -0.384. The second kappa shape index (κ2) is 5.79. The van der Waals surface area contributed by atoms with E-state index in [-0.39, 0.29) is 11.4 Å². The Balaban J connectivity index is 1.92. The smallest absolute Gasteiger partial charge is 0.292 e. The minimum Gasteiger partial charge on any atom is -0.393 e. The molecule has 1 aromatic carbocycles. The molecule has 0 bridgehead atoms. The quantitative estimate of drug-likeness (QED) is 0.490. The monoisotopic (exact) mass is 252 g/mol. The number of nitrogen functional groups attached to an aromatic ring is 1. The first-order chi connectivity index (χ1) is 8.68. The van der Waals surface area contributed by atoms with Crippen LogP contribution < -0.4 is 5.73 Å². The van der Waals surface area contributed by atoms with Crippen molar-refractivity contribution in [2.75, 3.05) is 25.6 Å². The Morgan fingerprint density at radius 1 is 1.56 bits per heavy atom. The molecule has 1 atom stereocenters. The van der Waals surface area contributed by atoms with E-state index >= 15 is 0 Å². The van der Waals surface area contributed by atoms with E-state index in [0.717, 1.165) is 19.6 Å². The predicted octanol–water partition coefficient (Wildman–Crippen LogP) is 1.73. The van der Waals surface area contributed by atoms with Crippen LogP contribution in [0.2, 0.25) is 0 Å². The molecule has 6 heteroatoms. The zero-order valence-corrected chi connectivity index (χ0v) is 10.0. The molecule has 0 amide bonds. The maximum atomic E-state index is 10.7. The highest BCUT2D eigenvalue weighted by molar-refractivity contribution is 5.62. The maximum Gasteiger partial charge on any atom is 0.292 e. The molecule has 0 aromatic heterocycles. The van der Waals surface area contributed by atoms with Crippen molar-refractivity contribution in [2.45, 2.75) is 13.0 Å². The van der Waals surface area contributed by atoms with Gasteiger partial charge in [0.05, 0.1) is 24.7 Å². The number of nitro benzene ring substituents is 1. The highest BCUT2D eigenvalue weighted by Crippen LogP contribution is 2.25. The van der Waals surface area contributed by atoms with E-state index in [9.17, 15) is 10.1 Å². The second-order valence-corrected chi connectivity index (χ2v) is 4.35. The summed E-state index contributed by atoms with van der Waals surface area (Å²) >= 11 is 0. The molecular weight excluding hydrogens is 236 g/mol. The van der Waals surface area contributed by atoms with E-state index in [2.05, 4.69) is 0 Å². The number of benzene rings is 1. The minimum atomic E-state index is -0.482. The third kappa shape index (κ3) is 2.96. The number of nitrogens with zero attached hydrogens (tertiary/aromatic N) is 1. The summed E-state index contributed by atoms with van der Waals surface area (Å²) in [5.74, 6) is 0.421. The molecule has 2 rings (SSSR count). The first-order valence-corrected chi connectivity index (χ1v) is 5.85. The lowest BCUT2D eigenvalue weighted by Gasteiger charge is -2.10. The molecule has 1 aliphatic heterocycles. The third-order valence-electron chi connectivity index (χ3n) is 3.01. The molecule has 18 heavy (non-hydrogen) atoms. The normalized spacial score (nSPS) is 19.0. The number of anilines is 1. The van der Waals surface area contributed by atoms with Gasteiger partial charge in [-0.05, 0) is 6.42 Å². The summed E-state index contributed by atoms with van der Waals surface area (Å²) in [6.07, 6.45) is 1.00. The van der Waals surface area contributed by atoms with Gasteiger partial charge in [0, 0.05) is 24.2 Å². The van der Waals surface area contributed by atoms with E-state index in [1.165, 1.54) is 6.07 Å². The van der Waals surface area contributed by atoms with Crippen LogP contribution in [0, 0.1) is 16.0 Å². The lowest BCUT2D eigenvalue weighted by atomic mass is 10.1. The molecule has 1 saturated heterocycles. The van der Waals surface area contributed by atoms with Gasteiger partial charge in [0.25, 0.3) is 5.69 Å². The first kappa shape index (κ1) is 12.8. The van der Waals surface area contributed by atoms with Gasteiger partial charge in [0.15, 0.2) is 0 Å². The van der Waals surface area contributed by atoms with Gasteiger partial charge in [-0.2, -0.15) is 0 Å². The molecule has 6 nitrogen and oxygen atoms in total. The highest BCUT2D eigenvalue weighted by atomic mass is 16.6. The van der Waals surface area contributed by atoms with Gasteiger partial charge in [-0.25, -0.2) is 0 Å². The van der Waals surface area contributed by atoms with Gasteiger partial charge in [-0.15, -0.1) is 0 Å². The Hall–Kier alpha value is -1.66. The van der Waals surface area contributed by atoms with E-state index < -0.39 is 4.92 Å². The molecule has 1 fully saturated rings. The Bertz CT molecular complexity index is 430. The molecule has 98 valence electrons. The average Bonchev–Trinajstić information content (AvgIpc) is 2.84. The number of hydrogen-bond acceptors (Lipinski definition) is 5. The van der Waals surface area contributed by atoms with Crippen molar-refractivity contribution < 1.29 is 14.4 Å². The van der Waals surface area contributed by atoms with Crippen LogP contribution in [0.4, 0.5) is 11.4 Å². The van der Waals surface area contributed by atoms with Crippen LogP contribution >= 0.6 is 0 Å². The van der Waals surface area contributed by atoms with Crippen LogP contribution in [0.1, 0.15) is 12.0 Å². The van der Waals surface area contributed by atoms with Crippen LogP contribution in [0.15, 0.2) is 18.2 Å².